The maximum atomic E-state index is 14.3. The summed E-state index contributed by atoms with van der Waals surface area (Å²) in [6.07, 6.45) is 1.84. The lowest BCUT2D eigenvalue weighted by molar-refractivity contribution is -0.118. The zero-order valence-corrected chi connectivity index (χ0v) is 20.1. The summed E-state index contributed by atoms with van der Waals surface area (Å²) in [7, 11) is 0. The Morgan fingerprint density at radius 1 is 0.946 bits per heavy atom. The van der Waals surface area contributed by atoms with Crippen LogP contribution in [0.1, 0.15) is 40.9 Å². The van der Waals surface area contributed by atoms with E-state index in [1.165, 1.54) is 12.2 Å². The fourth-order valence-corrected chi connectivity index (χ4v) is 4.19. The first-order chi connectivity index (χ1) is 17.9. The summed E-state index contributed by atoms with van der Waals surface area (Å²) in [6.45, 7) is 1.94. The molecule has 2 unspecified atom stereocenters. The summed E-state index contributed by atoms with van der Waals surface area (Å²) in [5.41, 5.74) is 1.47. The highest BCUT2D eigenvalue weighted by molar-refractivity contribution is 6.44. The number of Topliss-reactive ketones (excluding diaryl/α,β-unsaturated/α-hetero) is 2. The number of ketones is 2. The van der Waals surface area contributed by atoms with Crippen LogP contribution in [0.15, 0.2) is 96.3 Å². The number of ether oxygens (including phenoxy) is 2. The van der Waals surface area contributed by atoms with Crippen LogP contribution in [-0.2, 0) is 16.1 Å². The second kappa shape index (κ2) is 11.8. The summed E-state index contributed by atoms with van der Waals surface area (Å²) in [5, 5.41) is 0. The maximum Gasteiger partial charge on any atom is 0.229 e. The zero-order valence-electron chi connectivity index (χ0n) is 20.1. The molecule has 0 radical (unpaired) electrons. The van der Waals surface area contributed by atoms with Crippen molar-refractivity contribution in [2.24, 2.45) is 5.92 Å². The quantitative estimate of drug-likeness (QED) is 0.222. The molecule has 0 saturated heterocycles. The van der Waals surface area contributed by atoms with Gasteiger partial charge in [0, 0.05) is 24.2 Å². The first kappa shape index (κ1) is 26.1. The monoisotopic (exact) mass is 506 g/mol. The van der Waals surface area contributed by atoms with E-state index in [-0.39, 0.29) is 24.2 Å². The fourth-order valence-electron chi connectivity index (χ4n) is 4.19. The summed E-state index contributed by atoms with van der Waals surface area (Å²) >= 11 is 0. The molecule has 37 heavy (non-hydrogen) atoms. The summed E-state index contributed by atoms with van der Waals surface area (Å²) in [5.74, 6) is -3.61. The van der Waals surface area contributed by atoms with Gasteiger partial charge < -0.3 is 9.47 Å². The topological polar surface area (TPSA) is 52.6 Å². The van der Waals surface area contributed by atoms with Crippen LogP contribution < -0.4 is 4.74 Å². The minimum atomic E-state index is -1.01. The van der Waals surface area contributed by atoms with Gasteiger partial charge in [0.15, 0.2) is 0 Å². The Morgan fingerprint density at radius 2 is 1.68 bits per heavy atom. The van der Waals surface area contributed by atoms with Gasteiger partial charge in [0.25, 0.3) is 0 Å². The minimum absolute atomic E-state index is 0.0851. The number of carbonyl (C=O) groups excluding carboxylic acids is 2. The van der Waals surface area contributed by atoms with Gasteiger partial charge in [-0.3, -0.25) is 9.59 Å². The molecular formula is C30H25F3O4. The molecule has 0 bridgehead atoms. The van der Waals surface area contributed by atoms with Crippen molar-refractivity contribution in [2.75, 3.05) is 6.61 Å². The Kier molecular flexibility index (Phi) is 8.36. The van der Waals surface area contributed by atoms with Crippen LogP contribution in [0.3, 0.4) is 0 Å². The molecule has 1 aliphatic rings. The van der Waals surface area contributed by atoms with Crippen molar-refractivity contribution >= 4 is 11.6 Å². The lowest BCUT2D eigenvalue weighted by atomic mass is 9.80. The molecule has 0 fully saturated rings. The molecule has 0 amide bonds. The highest BCUT2D eigenvalue weighted by atomic mass is 19.1. The molecule has 0 aliphatic heterocycles. The lowest BCUT2D eigenvalue weighted by Crippen LogP contribution is -2.30. The van der Waals surface area contributed by atoms with Crippen LogP contribution in [-0.4, -0.2) is 18.2 Å². The van der Waals surface area contributed by atoms with E-state index in [1.807, 2.05) is 0 Å². The number of rotatable bonds is 10. The Balaban J connectivity index is 1.55. The van der Waals surface area contributed by atoms with Crippen LogP contribution in [0.25, 0.3) is 0 Å². The Labute approximate surface area is 213 Å². The summed E-state index contributed by atoms with van der Waals surface area (Å²) < 4.78 is 53.1. The van der Waals surface area contributed by atoms with Gasteiger partial charge in [-0.05, 0) is 54.5 Å². The molecule has 0 aromatic heterocycles. The van der Waals surface area contributed by atoms with E-state index in [1.54, 1.807) is 61.5 Å². The van der Waals surface area contributed by atoms with Crippen molar-refractivity contribution in [3.8, 4) is 5.75 Å². The van der Waals surface area contributed by atoms with Gasteiger partial charge in [-0.1, -0.05) is 48.5 Å². The number of benzene rings is 3. The molecule has 190 valence electrons. The fraction of sp³-hybridized carbons (Fsp3) is 0.200. The second-order valence-electron chi connectivity index (χ2n) is 8.53. The van der Waals surface area contributed by atoms with E-state index in [2.05, 4.69) is 0 Å². The van der Waals surface area contributed by atoms with E-state index in [4.69, 9.17) is 9.47 Å². The SMILES string of the molecule is CCOC(C1=CC=C(F)CC1C(=O)C(=O)c1ccccc1)c1ccc(OCc2cc(F)ccc2F)cc1. The number of halogens is 3. The highest BCUT2D eigenvalue weighted by Crippen LogP contribution is 2.38. The largest absolute Gasteiger partial charge is 0.489 e. The Morgan fingerprint density at radius 3 is 2.38 bits per heavy atom. The maximum absolute atomic E-state index is 14.3. The number of carbonyl (C=O) groups is 2. The van der Waals surface area contributed by atoms with Gasteiger partial charge in [-0.2, -0.15) is 0 Å². The number of allylic oxidation sites excluding steroid dienone is 3. The van der Waals surface area contributed by atoms with Gasteiger partial charge in [0.05, 0.1) is 5.92 Å². The van der Waals surface area contributed by atoms with Gasteiger partial charge in [0.2, 0.25) is 11.6 Å². The second-order valence-corrected chi connectivity index (χ2v) is 8.53. The normalized spacial score (nSPS) is 15.9. The number of hydrogen-bond donors (Lipinski definition) is 0. The summed E-state index contributed by atoms with van der Waals surface area (Å²) in [4.78, 5) is 26.1. The van der Waals surface area contributed by atoms with E-state index in [0.717, 1.165) is 18.2 Å². The van der Waals surface area contributed by atoms with Crippen molar-refractivity contribution in [3.63, 3.8) is 0 Å². The third-order valence-electron chi connectivity index (χ3n) is 6.06. The third-order valence-corrected chi connectivity index (χ3v) is 6.06. The molecule has 3 aromatic carbocycles. The van der Waals surface area contributed by atoms with Crippen molar-refractivity contribution in [2.45, 2.75) is 26.1 Å². The van der Waals surface area contributed by atoms with Crippen LogP contribution >= 0.6 is 0 Å². The molecule has 3 aromatic rings. The van der Waals surface area contributed by atoms with Gasteiger partial charge >= 0.3 is 0 Å². The summed E-state index contributed by atoms with van der Waals surface area (Å²) in [6, 6.07) is 18.0. The smallest absolute Gasteiger partial charge is 0.229 e. The standard InChI is InChI=1S/C30H25F3O4/c1-2-36-30(20-8-12-24(13-9-20)37-18-21-16-22(31)11-15-27(21)33)25-14-10-23(32)17-26(25)29(35)28(34)19-6-4-3-5-7-19/h3-16,26,30H,2,17-18H2,1H3. The molecule has 4 nitrogen and oxygen atoms in total. The lowest BCUT2D eigenvalue weighted by Gasteiger charge is -2.28. The molecule has 1 aliphatic carbocycles. The average Bonchev–Trinajstić information content (AvgIpc) is 2.92. The molecule has 7 heteroatoms. The van der Waals surface area contributed by atoms with Gasteiger partial charge in [-0.15, -0.1) is 0 Å². The van der Waals surface area contributed by atoms with Crippen molar-refractivity contribution < 1.29 is 32.2 Å². The van der Waals surface area contributed by atoms with Crippen molar-refractivity contribution in [1.82, 2.24) is 0 Å². The average molecular weight is 507 g/mol. The Hall–Kier alpha value is -3.97. The predicted molar refractivity (Wildman–Crippen MR) is 133 cm³/mol. The third kappa shape index (κ3) is 6.24. The molecule has 0 saturated carbocycles. The van der Waals surface area contributed by atoms with Crippen LogP contribution in [0.4, 0.5) is 13.2 Å². The highest BCUT2D eigenvalue weighted by Gasteiger charge is 2.36. The minimum Gasteiger partial charge on any atom is -0.489 e. The van der Waals surface area contributed by atoms with Gasteiger partial charge in [0.1, 0.15) is 35.9 Å². The van der Waals surface area contributed by atoms with Crippen molar-refractivity contribution in [1.29, 1.82) is 0 Å². The zero-order chi connectivity index (χ0) is 26.4. The molecule has 0 heterocycles. The van der Waals surface area contributed by atoms with E-state index >= 15 is 0 Å². The van der Waals surface area contributed by atoms with E-state index in [0.29, 0.717) is 23.5 Å². The van der Waals surface area contributed by atoms with E-state index in [9.17, 15) is 22.8 Å². The van der Waals surface area contributed by atoms with Crippen LogP contribution in [0.5, 0.6) is 5.75 Å². The molecule has 0 spiro atoms. The van der Waals surface area contributed by atoms with Crippen molar-refractivity contribution in [3.05, 3.63) is 125 Å². The number of hydrogen-bond acceptors (Lipinski definition) is 4. The van der Waals surface area contributed by atoms with E-state index < -0.39 is 41.0 Å². The Bertz CT molecular complexity index is 1330. The predicted octanol–water partition coefficient (Wildman–Crippen LogP) is 6.87. The van der Waals surface area contributed by atoms with Gasteiger partial charge in [-0.25, -0.2) is 13.2 Å². The first-order valence-corrected chi connectivity index (χ1v) is 11.9. The van der Waals surface area contributed by atoms with Crippen LogP contribution in [0, 0.1) is 17.6 Å². The molecule has 0 N–H and O–H groups in total. The molecular weight excluding hydrogens is 481 g/mol. The van der Waals surface area contributed by atoms with Crippen LogP contribution in [0.2, 0.25) is 0 Å². The molecule has 2 atom stereocenters. The molecule has 4 rings (SSSR count). The first-order valence-electron chi connectivity index (χ1n) is 11.9.